The molecule has 0 saturated heterocycles. The molecule has 0 spiro atoms. The first-order valence-corrected chi connectivity index (χ1v) is 8.36. The molecule has 0 bridgehead atoms. The highest BCUT2D eigenvalue weighted by Gasteiger charge is 2.13. The Bertz CT molecular complexity index is 948. The number of halogens is 1. The first-order chi connectivity index (χ1) is 13.1. The maximum atomic E-state index is 12.6. The van der Waals surface area contributed by atoms with Crippen LogP contribution in [0.5, 0.6) is 11.5 Å². The van der Waals surface area contributed by atoms with Crippen LogP contribution in [0.4, 0.5) is 17.3 Å². The SMILES string of the molecule is COc1ccc(OC)c(NC(=O)c2ccnc(Nc3ccc(Cl)cc3)n2)c1. The lowest BCUT2D eigenvalue weighted by molar-refractivity contribution is 0.102. The van der Waals surface area contributed by atoms with Crippen LogP contribution in [0.15, 0.2) is 54.7 Å². The number of aromatic nitrogens is 2. The zero-order valence-corrected chi connectivity index (χ0v) is 15.4. The highest BCUT2D eigenvalue weighted by Crippen LogP contribution is 2.29. The Kier molecular flexibility index (Phi) is 5.73. The van der Waals surface area contributed by atoms with Crippen LogP contribution in [0.1, 0.15) is 10.5 Å². The van der Waals surface area contributed by atoms with Crippen LogP contribution < -0.4 is 20.1 Å². The number of anilines is 3. The molecular formula is C19H17ClN4O3. The van der Waals surface area contributed by atoms with Crippen molar-refractivity contribution in [2.75, 3.05) is 24.9 Å². The van der Waals surface area contributed by atoms with E-state index in [4.69, 9.17) is 21.1 Å². The highest BCUT2D eigenvalue weighted by atomic mass is 35.5. The van der Waals surface area contributed by atoms with Crippen molar-refractivity contribution in [2.45, 2.75) is 0 Å². The normalized spacial score (nSPS) is 10.2. The fraction of sp³-hybridized carbons (Fsp3) is 0.105. The molecule has 27 heavy (non-hydrogen) atoms. The molecule has 0 saturated carbocycles. The fourth-order valence-electron chi connectivity index (χ4n) is 2.31. The van der Waals surface area contributed by atoms with Gasteiger partial charge in [-0.2, -0.15) is 0 Å². The van der Waals surface area contributed by atoms with E-state index in [9.17, 15) is 4.79 Å². The first-order valence-electron chi connectivity index (χ1n) is 7.98. The second kappa shape index (κ2) is 8.37. The molecule has 2 aromatic carbocycles. The molecule has 0 aliphatic heterocycles. The maximum Gasteiger partial charge on any atom is 0.274 e. The van der Waals surface area contributed by atoms with Crippen molar-refractivity contribution in [1.29, 1.82) is 0 Å². The highest BCUT2D eigenvalue weighted by molar-refractivity contribution is 6.30. The summed E-state index contributed by atoms with van der Waals surface area (Å²) in [6.45, 7) is 0. The summed E-state index contributed by atoms with van der Waals surface area (Å²) >= 11 is 5.87. The predicted molar refractivity (Wildman–Crippen MR) is 104 cm³/mol. The van der Waals surface area contributed by atoms with Gasteiger partial charge < -0.3 is 20.1 Å². The van der Waals surface area contributed by atoms with E-state index in [-0.39, 0.29) is 5.69 Å². The van der Waals surface area contributed by atoms with Crippen molar-refractivity contribution in [2.24, 2.45) is 0 Å². The monoisotopic (exact) mass is 384 g/mol. The minimum atomic E-state index is -0.400. The molecule has 0 aliphatic carbocycles. The summed E-state index contributed by atoms with van der Waals surface area (Å²) in [5.74, 6) is 1.00. The van der Waals surface area contributed by atoms with Crippen molar-refractivity contribution >= 4 is 34.8 Å². The van der Waals surface area contributed by atoms with Gasteiger partial charge in [-0.05, 0) is 42.5 Å². The van der Waals surface area contributed by atoms with Crippen LogP contribution in [-0.4, -0.2) is 30.1 Å². The number of nitrogens with one attached hydrogen (secondary N) is 2. The zero-order valence-electron chi connectivity index (χ0n) is 14.7. The molecule has 0 atom stereocenters. The quantitative estimate of drug-likeness (QED) is 0.664. The summed E-state index contributed by atoms with van der Waals surface area (Å²) in [5.41, 5.74) is 1.44. The van der Waals surface area contributed by atoms with Gasteiger partial charge in [-0.3, -0.25) is 4.79 Å². The molecule has 7 nitrogen and oxygen atoms in total. The van der Waals surface area contributed by atoms with Gasteiger partial charge in [0.05, 0.1) is 19.9 Å². The number of ether oxygens (including phenoxy) is 2. The third-order valence-electron chi connectivity index (χ3n) is 3.64. The van der Waals surface area contributed by atoms with Gasteiger partial charge in [0.1, 0.15) is 17.2 Å². The van der Waals surface area contributed by atoms with Crippen molar-refractivity contribution < 1.29 is 14.3 Å². The van der Waals surface area contributed by atoms with Gasteiger partial charge in [0.25, 0.3) is 5.91 Å². The van der Waals surface area contributed by atoms with E-state index in [0.717, 1.165) is 5.69 Å². The molecule has 0 fully saturated rings. The van der Waals surface area contributed by atoms with Crippen molar-refractivity contribution in [1.82, 2.24) is 9.97 Å². The van der Waals surface area contributed by atoms with Gasteiger partial charge in [-0.15, -0.1) is 0 Å². The molecule has 2 N–H and O–H groups in total. The number of nitrogens with zero attached hydrogens (tertiary/aromatic N) is 2. The van der Waals surface area contributed by atoms with E-state index in [1.807, 2.05) is 0 Å². The summed E-state index contributed by atoms with van der Waals surface area (Å²) in [7, 11) is 3.07. The second-order valence-corrected chi connectivity index (χ2v) is 5.85. The number of hydrogen-bond acceptors (Lipinski definition) is 6. The summed E-state index contributed by atoms with van der Waals surface area (Å²) in [5, 5.41) is 6.42. The number of amides is 1. The number of carbonyl (C=O) groups is 1. The largest absolute Gasteiger partial charge is 0.497 e. The second-order valence-electron chi connectivity index (χ2n) is 5.42. The van der Waals surface area contributed by atoms with E-state index in [1.54, 1.807) is 49.6 Å². The van der Waals surface area contributed by atoms with Gasteiger partial charge in [0.2, 0.25) is 5.95 Å². The summed E-state index contributed by atoms with van der Waals surface area (Å²) in [6.07, 6.45) is 1.50. The fourth-order valence-corrected chi connectivity index (χ4v) is 2.43. The van der Waals surface area contributed by atoms with E-state index >= 15 is 0 Å². The van der Waals surface area contributed by atoms with Crippen LogP contribution in [0.25, 0.3) is 0 Å². The number of carbonyl (C=O) groups excluding carboxylic acids is 1. The molecule has 1 heterocycles. The van der Waals surface area contributed by atoms with Crippen molar-refractivity contribution in [3.8, 4) is 11.5 Å². The molecule has 8 heteroatoms. The van der Waals surface area contributed by atoms with E-state index in [1.165, 1.54) is 19.4 Å². The minimum absolute atomic E-state index is 0.200. The molecule has 0 unspecified atom stereocenters. The molecular weight excluding hydrogens is 368 g/mol. The van der Waals surface area contributed by atoms with Crippen LogP contribution >= 0.6 is 11.6 Å². The average Bonchev–Trinajstić information content (AvgIpc) is 2.70. The Morgan fingerprint density at radius 3 is 2.52 bits per heavy atom. The van der Waals surface area contributed by atoms with Gasteiger partial charge in [0.15, 0.2) is 0 Å². The van der Waals surface area contributed by atoms with Gasteiger partial charge >= 0.3 is 0 Å². The number of rotatable bonds is 6. The Hall–Kier alpha value is -3.32. The Balaban J connectivity index is 1.78. The number of benzene rings is 2. The number of hydrogen-bond donors (Lipinski definition) is 2. The van der Waals surface area contributed by atoms with Gasteiger partial charge in [-0.1, -0.05) is 11.6 Å². The van der Waals surface area contributed by atoms with Crippen LogP contribution in [0.3, 0.4) is 0 Å². The standard InChI is InChI=1S/C19H17ClN4O3/c1-26-14-7-8-17(27-2)16(11-14)23-18(25)15-9-10-21-19(24-15)22-13-5-3-12(20)4-6-13/h3-11H,1-2H3,(H,23,25)(H,21,22,24). The molecule has 138 valence electrons. The lowest BCUT2D eigenvalue weighted by atomic mass is 10.2. The Labute approximate surface area is 161 Å². The Morgan fingerprint density at radius 2 is 1.81 bits per heavy atom. The predicted octanol–water partition coefficient (Wildman–Crippen LogP) is 4.14. The Morgan fingerprint density at radius 1 is 1.04 bits per heavy atom. The van der Waals surface area contributed by atoms with Crippen LogP contribution in [-0.2, 0) is 0 Å². The summed E-state index contributed by atoms with van der Waals surface area (Å²) in [6, 6.07) is 13.7. The third-order valence-corrected chi connectivity index (χ3v) is 3.90. The first kappa shape index (κ1) is 18.5. The summed E-state index contributed by atoms with van der Waals surface area (Å²) in [4.78, 5) is 21.0. The summed E-state index contributed by atoms with van der Waals surface area (Å²) < 4.78 is 10.5. The molecule has 1 amide bonds. The van der Waals surface area contributed by atoms with Gasteiger partial charge in [-0.25, -0.2) is 9.97 Å². The van der Waals surface area contributed by atoms with Crippen molar-refractivity contribution in [3.05, 3.63) is 65.4 Å². The number of methoxy groups -OCH3 is 2. The van der Waals surface area contributed by atoms with E-state index in [2.05, 4.69) is 20.6 Å². The molecule has 3 aromatic rings. The van der Waals surface area contributed by atoms with Crippen LogP contribution in [0, 0.1) is 0 Å². The third kappa shape index (κ3) is 4.65. The molecule has 3 rings (SSSR count). The minimum Gasteiger partial charge on any atom is -0.497 e. The molecule has 0 aliphatic rings. The van der Waals surface area contributed by atoms with Crippen molar-refractivity contribution in [3.63, 3.8) is 0 Å². The lowest BCUT2D eigenvalue weighted by Gasteiger charge is -2.12. The van der Waals surface area contributed by atoms with E-state index in [0.29, 0.717) is 28.2 Å². The van der Waals surface area contributed by atoms with Gasteiger partial charge in [0, 0.05) is 23.0 Å². The molecule has 0 radical (unpaired) electrons. The smallest absolute Gasteiger partial charge is 0.274 e. The topological polar surface area (TPSA) is 85.4 Å². The average molecular weight is 385 g/mol. The lowest BCUT2D eigenvalue weighted by Crippen LogP contribution is -2.15. The van der Waals surface area contributed by atoms with Crippen LogP contribution in [0.2, 0.25) is 5.02 Å². The van der Waals surface area contributed by atoms with E-state index < -0.39 is 5.91 Å². The zero-order chi connectivity index (χ0) is 19.2. The molecule has 1 aromatic heterocycles. The maximum absolute atomic E-state index is 12.6.